The quantitative estimate of drug-likeness (QED) is 0.885. The molecule has 1 aromatic heterocycles. The number of hydrogen-bond donors (Lipinski definition) is 1. The van der Waals surface area contributed by atoms with Crippen LogP contribution in [0.4, 0.5) is 0 Å². The first-order valence-electron chi connectivity index (χ1n) is 7.07. The van der Waals surface area contributed by atoms with E-state index in [0.717, 1.165) is 0 Å². The number of hydrogen-bond acceptors (Lipinski definition) is 2. The Balaban J connectivity index is 1.85. The Labute approximate surface area is 119 Å². The van der Waals surface area contributed by atoms with Crippen LogP contribution in [0.5, 0.6) is 0 Å². The SMILES string of the molecule is CNC(c1ccsc1C)C1CCc2ccccc2C1. The molecule has 0 radical (unpaired) electrons. The number of nitrogens with one attached hydrogen (secondary N) is 1. The van der Waals surface area contributed by atoms with Crippen LogP contribution in [-0.2, 0) is 12.8 Å². The van der Waals surface area contributed by atoms with Gasteiger partial charge in [0.15, 0.2) is 0 Å². The molecule has 0 aliphatic heterocycles. The molecule has 1 aliphatic rings. The van der Waals surface area contributed by atoms with Gasteiger partial charge in [-0.1, -0.05) is 24.3 Å². The van der Waals surface area contributed by atoms with Crippen LogP contribution in [0.2, 0.25) is 0 Å². The van der Waals surface area contributed by atoms with E-state index in [1.807, 2.05) is 11.3 Å². The van der Waals surface area contributed by atoms with Gasteiger partial charge >= 0.3 is 0 Å². The molecule has 1 nitrogen and oxygen atoms in total. The summed E-state index contributed by atoms with van der Waals surface area (Å²) in [7, 11) is 2.10. The highest BCUT2D eigenvalue weighted by Gasteiger charge is 2.27. The van der Waals surface area contributed by atoms with E-state index in [2.05, 4.69) is 55.0 Å². The summed E-state index contributed by atoms with van der Waals surface area (Å²) in [6, 6.07) is 11.7. The van der Waals surface area contributed by atoms with Crippen molar-refractivity contribution >= 4 is 11.3 Å². The van der Waals surface area contributed by atoms with Crippen LogP contribution < -0.4 is 5.32 Å². The molecule has 0 fully saturated rings. The zero-order valence-corrected chi connectivity index (χ0v) is 12.5. The van der Waals surface area contributed by atoms with Crippen LogP contribution in [0.3, 0.4) is 0 Å². The van der Waals surface area contributed by atoms with Crippen LogP contribution in [0.25, 0.3) is 0 Å². The Morgan fingerprint density at radius 1 is 1.21 bits per heavy atom. The number of thiophene rings is 1. The van der Waals surface area contributed by atoms with E-state index in [4.69, 9.17) is 0 Å². The molecular formula is C17H21NS. The maximum atomic E-state index is 3.55. The molecule has 1 N–H and O–H groups in total. The third-order valence-electron chi connectivity index (χ3n) is 4.40. The molecule has 0 amide bonds. The van der Waals surface area contributed by atoms with Gasteiger partial charge in [0.05, 0.1) is 0 Å². The summed E-state index contributed by atoms with van der Waals surface area (Å²) >= 11 is 1.86. The Kier molecular flexibility index (Phi) is 3.72. The lowest BCUT2D eigenvalue weighted by Crippen LogP contribution is -2.29. The predicted octanol–water partition coefficient (Wildman–Crippen LogP) is 4.12. The maximum Gasteiger partial charge on any atom is 0.0360 e. The molecule has 2 aromatic rings. The number of rotatable bonds is 3. The van der Waals surface area contributed by atoms with Crippen molar-refractivity contribution in [3.63, 3.8) is 0 Å². The molecule has 0 saturated carbocycles. The minimum absolute atomic E-state index is 0.500. The maximum absolute atomic E-state index is 3.55. The first-order chi connectivity index (χ1) is 9.29. The van der Waals surface area contributed by atoms with E-state index in [9.17, 15) is 0 Å². The zero-order valence-electron chi connectivity index (χ0n) is 11.6. The van der Waals surface area contributed by atoms with Gasteiger partial charge < -0.3 is 5.32 Å². The molecule has 2 atom stereocenters. The minimum atomic E-state index is 0.500. The van der Waals surface area contributed by atoms with Crippen LogP contribution in [0.1, 0.15) is 34.0 Å². The molecule has 0 bridgehead atoms. The largest absolute Gasteiger partial charge is 0.313 e. The van der Waals surface area contributed by atoms with Gasteiger partial charge in [-0.2, -0.15) is 0 Å². The number of fused-ring (bicyclic) bond motifs is 1. The van der Waals surface area contributed by atoms with Crippen molar-refractivity contribution in [2.45, 2.75) is 32.2 Å². The van der Waals surface area contributed by atoms with E-state index in [-0.39, 0.29) is 0 Å². The summed E-state index contributed by atoms with van der Waals surface area (Å²) < 4.78 is 0. The van der Waals surface area contributed by atoms with E-state index in [1.165, 1.54) is 29.7 Å². The molecule has 1 heterocycles. The highest BCUT2D eigenvalue weighted by Crippen LogP contribution is 2.36. The molecule has 0 spiro atoms. The van der Waals surface area contributed by atoms with Crippen molar-refractivity contribution in [3.8, 4) is 0 Å². The van der Waals surface area contributed by atoms with Crippen molar-refractivity contribution in [1.29, 1.82) is 0 Å². The Morgan fingerprint density at radius 2 is 2.00 bits per heavy atom. The fourth-order valence-corrected chi connectivity index (χ4v) is 4.12. The summed E-state index contributed by atoms with van der Waals surface area (Å²) in [5.41, 5.74) is 4.60. The topological polar surface area (TPSA) is 12.0 Å². The molecule has 2 unspecified atom stereocenters. The lowest BCUT2D eigenvalue weighted by Gasteiger charge is -2.31. The third kappa shape index (κ3) is 2.47. The van der Waals surface area contributed by atoms with Crippen LogP contribution >= 0.6 is 11.3 Å². The lowest BCUT2D eigenvalue weighted by molar-refractivity contribution is 0.342. The van der Waals surface area contributed by atoms with Gasteiger partial charge in [-0.3, -0.25) is 0 Å². The summed E-state index contributed by atoms with van der Waals surface area (Å²) in [4.78, 5) is 1.46. The van der Waals surface area contributed by atoms with E-state index in [0.29, 0.717) is 12.0 Å². The van der Waals surface area contributed by atoms with Gasteiger partial charge in [-0.15, -0.1) is 11.3 Å². The smallest absolute Gasteiger partial charge is 0.0360 e. The third-order valence-corrected chi connectivity index (χ3v) is 5.26. The summed E-state index contributed by atoms with van der Waals surface area (Å²) in [6.45, 7) is 2.24. The van der Waals surface area contributed by atoms with Crippen LogP contribution in [-0.4, -0.2) is 7.05 Å². The Morgan fingerprint density at radius 3 is 2.68 bits per heavy atom. The zero-order chi connectivity index (χ0) is 13.2. The monoisotopic (exact) mass is 271 g/mol. The molecule has 1 aromatic carbocycles. The average molecular weight is 271 g/mol. The summed E-state index contributed by atoms with van der Waals surface area (Å²) in [5.74, 6) is 0.716. The van der Waals surface area contributed by atoms with Gasteiger partial charge in [0.25, 0.3) is 0 Å². The van der Waals surface area contributed by atoms with E-state index >= 15 is 0 Å². The van der Waals surface area contributed by atoms with Crippen molar-refractivity contribution in [2.24, 2.45) is 5.92 Å². The summed E-state index contributed by atoms with van der Waals surface area (Å²) in [5, 5.41) is 5.77. The normalized spacial score (nSPS) is 20.0. The number of aryl methyl sites for hydroxylation is 2. The highest BCUT2D eigenvalue weighted by atomic mass is 32.1. The second-order valence-corrected chi connectivity index (χ2v) is 6.59. The molecule has 0 saturated heterocycles. The average Bonchev–Trinajstić information content (AvgIpc) is 2.86. The number of benzene rings is 1. The van der Waals surface area contributed by atoms with E-state index < -0.39 is 0 Å². The van der Waals surface area contributed by atoms with Gasteiger partial charge in [-0.05, 0) is 67.3 Å². The minimum Gasteiger partial charge on any atom is -0.313 e. The van der Waals surface area contributed by atoms with E-state index in [1.54, 1.807) is 11.1 Å². The standard InChI is InChI=1S/C17H21NS/c1-12-16(9-10-19-12)17(18-2)15-8-7-13-5-3-4-6-14(13)11-15/h3-6,9-10,15,17-18H,7-8,11H2,1-2H3. The van der Waals surface area contributed by atoms with Crippen LogP contribution in [0, 0.1) is 12.8 Å². The van der Waals surface area contributed by atoms with Crippen LogP contribution in [0.15, 0.2) is 35.7 Å². The second kappa shape index (κ2) is 5.48. The van der Waals surface area contributed by atoms with Crippen molar-refractivity contribution in [3.05, 3.63) is 57.3 Å². The second-order valence-electron chi connectivity index (χ2n) is 5.47. The molecule has 2 heteroatoms. The molecule has 3 rings (SSSR count). The Bertz CT molecular complexity index is 558. The summed E-state index contributed by atoms with van der Waals surface area (Å²) in [6.07, 6.45) is 3.72. The van der Waals surface area contributed by atoms with Crippen molar-refractivity contribution in [2.75, 3.05) is 7.05 Å². The molecule has 1 aliphatic carbocycles. The highest BCUT2D eigenvalue weighted by molar-refractivity contribution is 7.10. The fourth-order valence-electron chi connectivity index (χ4n) is 3.37. The molecule has 19 heavy (non-hydrogen) atoms. The molecule has 100 valence electrons. The van der Waals surface area contributed by atoms with Gasteiger partial charge in [0.1, 0.15) is 0 Å². The van der Waals surface area contributed by atoms with Gasteiger partial charge in [-0.25, -0.2) is 0 Å². The lowest BCUT2D eigenvalue weighted by atomic mass is 9.78. The molecular weight excluding hydrogens is 250 g/mol. The fraction of sp³-hybridized carbons (Fsp3) is 0.412. The van der Waals surface area contributed by atoms with Gasteiger partial charge in [0.2, 0.25) is 0 Å². The van der Waals surface area contributed by atoms with Gasteiger partial charge in [0, 0.05) is 10.9 Å². The first kappa shape index (κ1) is 12.9. The van der Waals surface area contributed by atoms with Crippen molar-refractivity contribution < 1.29 is 0 Å². The predicted molar refractivity (Wildman–Crippen MR) is 82.8 cm³/mol. The van der Waals surface area contributed by atoms with Crippen molar-refractivity contribution in [1.82, 2.24) is 5.32 Å². The Hall–Kier alpha value is -1.12. The first-order valence-corrected chi connectivity index (χ1v) is 7.95.